The van der Waals surface area contributed by atoms with Crippen LogP contribution in [0.2, 0.25) is 0 Å². The first-order valence-corrected chi connectivity index (χ1v) is 7.68. The second-order valence-corrected chi connectivity index (χ2v) is 6.08. The number of hydrogen-bond acceptors (Lipinski definition) is 2. The summed E-state index contributed by atoms with van der Waals surface area (Å²) in [5.74, 6) is 0. The first-order valence-electron chi connectivity index (χ1n) is 7.68. The highest BCUT2D eigenvalue weighted by Gasteiger charge is 2.28. The van der Waals surface area contributed by atoms with Gasteiger partial charge in [-0.1, -0.05) is 18.2 Å². The summed E-state index contributed by atoms with van der Waals surface area (Å²) in [5, 5.41) is 3.76. The van der Waals surface area contributed by atoms with Gasteiger partial charge in [-0.05, 0) is 62.1 Å². The van der Waals surface area contributed by atoms with Crippen LogP contribution in [0.3, 0.4) is 0 Å². The van der Waals surface area contributed by atoms with Crippen LogP contribution in [0, 0.1) is 0 Å². The molecule has 0 aliphatic heterocycles. The van der Waals surface area contributed by atoms with E-state index in [-0.39, 0.29) is 0 Å². The molecule has 2 aliphatic carbocycles. The van der Waals surface area contributed by atoms with Crippen molar-refractivity contribution >= 4 is 0 Å². The van der Waals surface area contributed by atoms with Gasteiger partial charge in [0.25, 0.3) is 0 Å². The smallest absolute Gasteiger partial charge is 0.0724 e. The van der Waals surface area contributed by atoms with Crippen LogP contribution >= 0.6 is 0 Å². The first-order chi connectivity index (χ1) is 9.28. The number of hydrogen-bond donors (Lipinski definition) is 1. The molecule has 0 heterocycles. The molecule has 2 heteroatoms. The molecule has 19 heavy (non-hydrogen) atoms. The van der Waals surface area contributed by atoms with Crippen molar-refractivity contribution in [2.45, 2.75) is 63.6 Å². The Morgan fingerprint density at radius 2 is 2.00 bits per heavy atom. The van der Waals surface area contributed by atoms with Gasteiger partial charge in [0.2, 0.25) is 0 Å². The Morgan fingerprint density at radius 3 is 2.84 bits per heavy atom. The van der Waals surface area contributed by atoms with Gasteiger partial charge in [-0.2, -0.15) is 0 Å². The number of rotatable bonds is 4. The summed E-state index contributed by atoms with van der Waals surface area (Å²) in [7, 11) is 1.84. The van der Waals surface area contributed by atoms with Gasteiger partial charge in [0.1, 0.15) is 0 Å². The molecular formula is C17H25NO. The highest BCUT2D eigenvalue weighted by atomic mass is 16.5. The van der Waals surface area contributed by atoms with Gasteiger partial charge in [0, 0.05) is 19.2 Å². The number of aryl methyl sites for hydroxylation is 2. The Kier molecular flexibility index (Phi) is 3.90. The molecule has 0 saturated heterocycles. The van der Waals surface area contributed by atoms with Crippen LogP contribution in [0.4, 0.5) is 0 Å². The maximum Gasteiger partial charge on any atom is 0.0724 e. The van der Waals surface area contributed by atoms with E-state index in [4.69, 9.17) is 4.74 Å². The van der Waals surface area contributed by atoms with Crippen molar-refractivity contribution in [2.24, 2.45) is 0 Å². The van der Waals surface area contributed by atoms with Crippen LogP contribution < -0.4 is 5.32 Å². The molecule has 3 atom stereocenters. The number of nitrogens with one attached hydrogen (secondary N) is 1. The maximum atomic E-state index is 5.57. The molecule has 1 fully saturated rings. The minimum atomic E-state index is 0.400. The zero-order valence-electron chi connectivity index (χ0n) is 12.1. The summed E-state index contributed by atoms with van der Waals surface area (Å²) in [4.78, 5) is 0. The normalized spacial score (nSPS) is 27.5. The van der Waals surface area contributed by atoms with Crippen molar-refractivity contribution in [3.05, 3.63) is 34.9 Å². The van der Waals surface area contributed by atoms with Crippen molar-refractivity contribution in [2.75, 3.05) is 7.11 Å². The van der Waals surface area contributed by atoms with Crippen LogP contribution in [-0.2, 0) is 17.6 Å². The van der Waals surface area contributed by atoms with E-state index in [1.54, 1.807) is 11.1 Å². The fourth-order valence-corrected chi connectivity index (χ4v) is 3.68. The molecule has 0 bridgehead atoms. The van der Waals surface area contributed by atoms with Crippen molar-refractivity contribution in [1.29, 1.82) is 0 Å². The van der Waals surface area contributed by atoms with Crippen molar-refractivity contribution < 1.29 is 4.74 Å². The second kappa shape index (κ2) is 5.64. The SMILES string of the molecule is COC1CCCC1NC(C)c1ccc2c(c1)CCC2. The topological polar surface area (TPSA) is 21.3 Å². The molecule has 2 aliphatic rings. The van der Waals surface area contributed by atoms with E-state index in [2.05, 4.69) is 30.4 Å². The van der Waals surface area contributed by atoms with Gasteiger partial charge < -0.3 is 10.1 Å². The molecule has 0 amide bonds. The van der Waals surface area contributed by atoms with Crippen LogP contribution in [0.1, 0.15) is 55.3 Å². The Bertz CT molecular complexity index is 443. The van der Waals surface area contributed by atoms with E-state index < -0.39 is 0 Å². The molecule has 0 aromatic heterocycles. The van der Waals surface area contributed by atoms with Gasteiger partial charge in [0.15, 0.2) is 0 Å². The molecule has 1 aromatic carbocycles. The fraction of sp³-hybridized carbons (Fsp3) is 0.647. The lowest BCUT2D eigenvalue weighted by atomic mass is 10.0. The quantitative estimate of drug-likeness (QED) is 0.895. The Labute approximate surface area is 116 Å². The fourth-order valence-electron chi connectivity index (χ4n) is 3.68. The second-order valence-electron chi connectivity index (χ2n) is 6.08. The van der Waals surface area contributed by atoms with E-state index >= 15 is 0 Å². The van der Waals surface area contributed by atoms with Crippen molar-refractivity contribution in [3.8, 4) is 0 Å². The largest absolute Gasteiger partial charge is 0.380 e. The van der Waals surface area contributed by atoms with Gasteiger partial charge >= 0.3 is 0 Å². The predicted octanol–water partition coefficient (Wildman–Crippen LogP) is 3.39. The van der Waals surface area contributed by atoms with E-state index in [1.807, 2.05) is 7.11 Å². The van der Waals surface area contributed by atoms with Crippen molar-refractivity contribution in [1.82, 2.24) is 5.32 Å². The third-order valence-electron chi connectivity index (χ3n) is 4.84. The number of fused-ring (bicyclic) bond motifs is 1. The highest BCUT2D eigenvalue weighted by Crippen LogP contribution is 2.28. The molecule has 0 spiro atoms. The van der Waals surface area contributed by atoms with Crippen LogP contribution in [-0.4, -0.2) is 19.3 Å². The molecule has 3 unspecified atom stereocenters. The Morgan fingerprint density at radius 1 is 1.16 bits per heavy atom. The molecule has 1 aromatic rings. The summed E-state index contributed by atoms with van der Waals surface area (Å²) in [5.41, 5.74) is 4.56. The molecule has 2 nitrogen and oxygen atoms in total. The minimum absolute atomic E-state index is 0.400. The number of ether oxygens (including phenoxy) is 1. The van der Waals surface area contributed by atoms with Crippen molar-refractivity contribution in [3.63, 3.8) is 0 Å². The zero-order valence-corrected chi connectivity index (χ0v) is 12.1. The standard InChI is InChI=1S/C17H25NO/c1-12(18-16-7-4-8-17(16)19-2)14-10-9-13-5-3-6-15(13)11-14/h9-12,16-18H,3-8H2,1-2H3. The molecule has 3 rings (SSSR count). The molecule has 0 radical (unpaired) electrons. The maximum absolute atomic E-state index is 5.57. The van der Waals surface area contributed by atoms with Gasteiger partial charge in [-0.25, -0.2) is 0 Å². The van der Waals surface area contributed by atoms with Gasteiger partial charge in [-0.3, -0.25) is 0 Å². The van der Waals surface area contributed by atoms with Gasteiger partial charge in [0.05, 0.1) is 6.10 Å². The lowest BCUT2D eigenvalue weighted by Crippen LogP contribution is -2.38. The molecule has 1 saturated carbocycles. The average Bonchev–Trinajstić information content (AvgIpc) is 3.05. The van der Waals surface area contributed by atoms with E-state index in [0.29, 0.717) is 18.2 Å². The number of benzene rings is 1. The molecule has 1 N–H and O–H groups in total. The van der Waals surface area contributed by atoms with E-state index in [0.717, 1.165) is 0 Å². The zero-order chi connectivity index (χ0) is 13.2. The third-order valence-corrected chi connectivity index (χ3v) is 4.84. The summed E-state index contributed by atoms with van der Waals surface area (Å²) in [6.45, 7) is 2.28. The average molecular weight is 259 g/mol. The number of methoxy groups -OCH3 is 1. The van der Waals surface area contributed by atoms with Crippen LogP contribution in [0.15, 0.2) is 18.2 Å². The van der Waals surface area contributed by atoms with E-state index in [1.165, 1.54) is 44.1 Å². The molecular weight excluding hydrogens is 234 g/mol. The highest BCUT2D eigenvalue weighted by molar-refractivity contribution is 5.36. The minimum Gasteiger partial charge on any atom is -0.380 e. The Hall–Kier alpha value is -0.860. The lowest BCUT2D eigenvalue weighted by molar-refractivity contribution is 0.0820. The van der Waals surface area contributed by atoms with Gasteiger partial charge in [-0.15, -0.1) is 0 Å². The van der Waals surface area contributed by atoms with Crippen LogP contribution in [0.5, 0.6) is 0 Å². The summed E-state index contributed by atoms with van der Waals surface area (Å²) in [6, 6.07) is 7.99. The summed E-state index contributed by atoms with van der Waals surface area (Å²) >= 11 is 0. The predicted molar refractivity (Wildman–Crippen MR) is 78.5 cm³/mol. The van der Waals surface area contributed by atoms with Crippen LogP contribution in [0.25, 0.3) is 0 Å². The monoisotopic (exact) mass is 259 g/mol. The summed E-state index contributed by atoms with van der Waals surface area (Å²) in [6.07, 6.45) is 7.99. The van der Waals surface area contributed by atoms with E-state index in [9.17, 15) is 0 Å². The third kappa shape index (κ3) is 2.70. The Balaban J connectivity index is 1.68. The summed E-state index contributed by atoms with van der Waals surface area (Å²) < 4.78 is 5.57. The molecule has 104 valence electrons. The first kappa shape index (κ1) is 13.1. The lowest BCUT2D eigenvalue weighted by Gasteiger charge is -2.24.